The zero-order chi connectivity index (χ0) is 7.84. The van der Waals surface area contributed by atoms with E-state index >= 15 is 0 Å². The van der Waals surface area contributed by atoms with Crippen molar-refractivity contribution >= 4 is 0 Å². The Labute approximate surface area is 67.8 Å². The molecule has 0 saturated heterocycles. The summed E-state index contributed by atoms with van der Waals surface area (Å²) in [6, 6.07) is 0. The van der Waals surface area contributed by atoms with Crippen molar-refractivity contribution in [3.05, 3.63) is 23.9 Å². The predicted molar refractivity (Wildman–Crippen MR) is 46.3 cm³/mol. The van der Waals surface area contributed by atoms with E-state index in [1.807, 2.05) is 6.20 Å². The van der Waals surface area contributed by atoms with Crippen molar-refractivity contribution in [1.29, 1.82) is 0 Å². The van der Waals surface area contributed by atoms with Crippen LogP contribution in [0, 0.1) is 0 Å². The molecule has 0 atom stereocenters. The van der Waals surface area contributed by atoms with E-state index in [-0.39, 0.29) is 0 Å². The van der Waals surface area contributed by atoms with Crippen LogP contribution in [-0.4, -0.2) is 43.0 Å². The van der Waals surface area contributed by atoms with Crippen LogP contribution in [-0.2, 0) is 0 Å². The van der Waals surface area contributed by atoms with E-state index in [0.29, 0.717) is 0 Å². The lowest BCUT2D eigenvalue weighted by atomic mass is 10.2. The SMILES string of the molecule is C=CN1CC2=C(CN(C)C2)C1. The van der Waals surface area contributed by atoms with Crippen molar-refractivity contribution in [3.63, 3.8) is 0 Å². The van der Waals surface area contributed by atoms with E-state index in [1.165, 1.54) is 13.1 Å². The van der Waals surface area contributed by atoms with Crippen molar-refractivity contribution in [2.45, 2.75) is 0 Å². The Bertz CT molecular complexity index is 200. The van der Waals surface area contributed by atoms with Crippen molar-refractivity contribution in [2.75, 3.05) is 33.2 Å². The minimum atomic E-state index is 1.11. The van der Waals surface area contributed by atoms with E-state index in [0.717, 1.165) is 13.1 Å². The maximum absolute atomic E-state index is 3.77. The number of rotatable bonds is 1. The number of likely N-dealkylation sites (N-methyl/N-ethyl adjacent to an activating group) is 1. The molecule has 2 aliphatic rings. The standard InChI is InChI=1S/C9H14N2/c1-3-11-6-8-4-10(2)5-9(8)7-11/h3H,1,4-7H2,2H3. The van der Waals surface area contributed by atoms with Crippen LogP contribution in [0.5, 0.6) is 0 Å². The van der Waals surface area contributed by atoms with E-state index in [1.54, 1.807) is 11.1 Å². The van der Waals surface area contributed by atoms with Gasteiger partial charge in [0, 0.05) is 26.2 Å². The minimum absolute atomic E-state index is 1.11. The number of hydrogen-bond donors (Lipinski definition) is 0. The first-order chi connectivity index (χ1) is 5.29. The molecule has 0 bridgehead atoms. The average Bonchev–Trinajstić information content (AvgIpc) is 2.43. The molecule has 0 amide bonds. The molecular weight excluding hydrogens is 136 g/mol. The summed E-state index contributed by atoms with van der Waals surface area (Å²) in [5.74, 6) is 0. The molecule has 2 heteroatoms. The van der Waals surface area contributed by atoms with Gasteiger partial charge in [0.1, 0.15) is 0 Å². The average molecular weight is 150 g/mol. The Morgan fingerprint density at radius 2 is 1.73 bits per heavy atom. The van der Waals surface area contributed by atoms with Crippen molar-refractivity contribution < 1.29 is 0 Å². The molecular formula is C9H14N2. The van der Waals surface area contributed by atoms with Gasteiger partial charge in [0.15, 0.2) is 0 Å². The zero-order valence-corrected chi connectivity index (χ0v) is 7.01. The molecule has 2 aliphatic heterocycles. The summed E-state index contributed by atoms with van der Waals surface area (Å²) in [6.07, 6.45) is 1.94. The van der Waals surface area contributed by atoms with E-state index in [2.05, 4.69) is 23.4 Å². The summed E-state index contributed by atoms with van der Waals surface area (Å²) in [5, 5.41) is 0. The fourth-order valence-corrected chi connectivity index (χ4v) is 1.93. The second kappa shape index (κ2) is 2.38. The summed E-state index contributed by atoms with van der Waals surface area (Å²) in [7, 11) is 2.18. The maximum atomic E-state index is 3.77. The van der Waals surface area contributed by atoms with Crippen LogP contribution in [0.1, 0.15) is 0 Å². The third kappa shape index (κ3) is 1.07. The Morgan fingerprint density at radius 3 is 2.18 bits per heavy atom. The normalized spacial score (nSPS) is 24.6. The largest absolute Gasteiger partial charge is 0.370 e. The molecule has 0 spiro atoms. The van der Waals surface area contributed by atoms with Gasteiger partial charge < -0.3 is 4.90 Å². The summed E-state index contributed by atoms with van der Waals surface area (Å²) >= 11 is 0. The predicted octanol–water partition coefficient (Wildman–Crippen LogP) is 0.688. The molecule has 2 rings (SSSR count). The smallest absolute Gasteiger partial charge is 0.0403 e. The van der Waals surface area contributed by atoms with E-state index in [9.17, 15) is 0 Å². The third-order valence-corrected chi connectivity index (χ3v) is 2.47. The van der Waals surface area contributed by atoms with Crippen LogP contribution in [0.2, 0.25) is 0 Å². The van der Waals surface area contributed by atoms with Gasteiger partial charge in [0.2, 0.25) is 0 Å². The van der Waals surface area contributed by atoms with Crippen LogP contribution in [0.15, 0.2) is 23.9 Å². The van der Waals surface area contributed by atoms with Gasteiger partial charge in [0.05, 0.1) is 0 Å². The highest BCUT2D eigenvalue weighted by Gasteiger charge is 2.25. The molecule has 0 aromatic heterocycles. The van der Waals surface area contributed by atoms with Crippen LogP contribution >= 0.6 is 0 Å². The fraction of sp³-hybridized carbons (Fsp3) is 0.556. The van der Waals surface area contributed by atoms with Gasteiger partial charge in [-0.25, -0.2) is 0 Å². The van der Waals surface area contributed by atoms with Gasteiger partial charge in [-0.15, -0.1) is 0 Å². The Kier molecular flexibility index (Phi) is 1.50. The van der Waals surface area contributed by atoms with Crippen molar-refractivity contribution in [3.8, 4) is 0 Å². The number of hydrogen-bond acceptors (Lipinski definition) is 2. The van der Waals surface area contributed by atoms with Gasteiger partial charge in [-0.3, -0.25) is 4.90 Å². The van der Waals surface area contributed by atoms with Crippen LogP contribution < -0.4 is 0 Å². The van der Waals surface area contributed by atoms with Crippen molar-refractivity contribution in [1.82, 2.24) is 9.80 Å². The van der Waals surface area contributed by atoms with E-state index in [4.69, 9.17) is 0 Å². The molecule has 0 N–H and O–H groups in total. The van der Waals surface area contributed by atoms with Gasteiger partial charge in [0.25, 0.3) is 0 Å². The van der Waals surface area contributed by atoms with Crippen molar-refractivity contribution in [2.24, 2.45) is 0 Å². The first-order valence-corrected chi connectivity index (χ1v) is 4.04. The van der Waals surface area contributed by atoms with E-state index < -0.39 is 0 Å². The first kappa shape index (κ1) is 6.92. The quantitative estimate of drug-likeness (QED) is 0.507. The molecule has 2 nitrogen and oxygen atoms in total. The molecule has 0 aromatic rings. The molecule has 0 aromatic carbocycles. The Hall–Kier alpha value is -0.760. The summed E-state index contributed by atoms with van der Waals surface area (Å²) in [6.45, 7) is 8.34. The third-order valence-electron chi connectivity index (χ3n) is 2.47. The number of nitrogens with zero attached hydrogens (tertiary/aromatic N) is 2. The summed E-state index contributed by atoms with van der Waals surface area (Å²) in [5.41, 5.74) is 3.24. The summed E-state index contributed by atoms with van der Waals surface area (Å²) in [4.78, 5) is 4.64. The Morgan fingerprint density at radius 1 is 1.18 bits per heavy atom. The van der Waals surface area contributed by atoms with Crippen LogP contribution in [0.4, 0.5) is 0 Å². The highest BCUT2D eigenvalue weighted by Crippen LogP contribution is 2.23. The molecule has 11 heavy (non-hydrogen) atoms. The summed E-state index contributed by atoms with van der Waals surface area (Å²) < 4.78 is 0. The first-order valence-electron chi connectivity index (χ1n) is 4.04. The maximum Gasteiger partial charge on any atom is 0.0403 e. The highest BCUT2D eigenvalue weighted by molar-refractivity contribution is 5.30. The molecule has 0 fully saturated rings. The van der Waals surface area contributed by atoms with Gasteiger partial charge in [-0.2, -0.15) is 0 Å². The second-order valence-corrected chi connectivity index (χ2v) is 3.47. The monoisotopic (exact) mass is 150 g/mol. The molecule has 0 radical (unpaired) electrons. The molecule has 2 heterocycles. The lowest BCUT2D eigenvalue weighted by molar-refractivity contribution is 0.377. The van der Waals surface area contributed by atoms with Gasteiger partial charge in [-0.1, -0.05) is 6.58 Å². The zero-order valence-electron chi connectivity index (χ0n) is 7.01. The lowest BCUT2D eigenvalue weighted by Gasteiger charge is -2.17. The van der Waals surface area contributed by atoms with Crippen LogP contribution in [0.3, 0.4) is 0 Å². The molecule has 0 unspecified atom stereocenters. The minimum Gasteiger partial charge on any atom is -0.370 e. The second-order valence-electron chi connectivity index (χ2n) is 3.47. The molecule has 0 aliphatic carbocycles. The fourth-order valence-electron chi connectivity index (χ4n) is 1.93. The van der Waals surface area contributed by atoms with Gasteiger partial charge in [-0.05, 0) is 24.4 Å². The lowest BCUT2D eigenvalue weighted by Crippen LogP contribution is -2.24. The van der Waals surface area contributed by atoms with Gasteiger partial charge >= 0.3 is 0 Å². The molecule has 0 saturated carbocycles. The van der Waals surface area contributed by atoms with Crippen LogP contribution in [0.25, 0.3) is 0 Å². The Balaban J connectivity index is 2.05. The highest BCUT2D eigenvalue weighted by atomic mass is 15.2. The topological polar surface area (TPSA) is 6.48 Å². The molecule has 60 valence electrons.